The van der Waals surface area contributed by atoms with Crippen molar-refractivity contribution in [1.82, 2.24) is 9.78 Å². The number of nitrogens with zero attached hydrogens (tertiary/aromatic N) is 2. The molecule has 2 atom stereocenters. The SMILES string of the molecule is CCc1nn(CC)c(CC(CO)C2CCS(=O)(=O)C2)c1Br. The van der Waals surface area contributed by atoms with E-state index in [1.807, 2.05) is 11.6 Å². The molecular weight excluding hydrogens is 356 g/mol. The van der Waals surface area contributed by atoms with Crippen LogP contribution in [0.4, 0.5) is 0 Å². The summed E-state index contributed by atoms with van der Waals surface area (Å²) in [5.74, 6) is 0.488. The van der Waals surface area contributed by atoms with Crippen LogP contribution in [0.25, 0.3) is 0 Å². The number of aryl methyl sites for hydroxylation is 2. The third-order valence-electron chi connectivity index (χ3n) is 4.32. The Hall–Kier alpha value is -0.400. The predicted octanol–water partition coefficient (Wildman–Crippen LogP) is 1.81. The molecule has 1 aliphatic heterocycles. The van der Waals surface area contributed by atoms with E-state index in [-0.39, 0.29) is 29.9 Å². The molecule has 2 heterocycles. The molecule has 0 spiro atoms. The minimum Gasteiger partial charge on any atom is -0.396 e. The molecule has 1 aliphatic rings. The van der Waals surface area contributed by atoms with E-state index in [9.17, 15) is 13.5 Å². The van der Waals surface area contributed by atoms with Crippen LogP contribution in [-0.2, 0) is 29.2 Å². The minimum absolute atomic E-state index is 0.0168. The van der Waals surface area contributed by atoms with Crippen molar-refractivity contribution >= 4 is 25.8 Å². The van der Waals surface area contributed by atoms with E-state index in [0.717, 1.165) is 28.8 Å². The Morgan fingerprint density at radius 1 is 1.48 bits per heavy atom. The first-order valence-corrected chi connectivity index (χ1v) is 10.1. The number of sulfone groups is 1. The van der Waals surface area contributed by atoms with E-state index in [4.69, 9.17) is 0 Å². The summed E-state index contributed by atoms with van der Waals surface area (Å²) >= 11 is 3.61. The average Bonchev–Trinajstić information content (AvgIpc) is 2.96. The first-order valence-electron chi connectivity index (χ1n) is 7.47. The zero-order chi connectivity index (χ0) is 15.6. The Morgan fingerprint density at radius 3 is 2.67 bits per heavy atom. The highest BCUT2D eigenvalue weighted by Crippen LogP contribution is 2.31. The highest BCUT2D eigenvalue weighted by molar-refractivity contribution is 9.10. The molecule has 1 aromatic heterocycles. The Labute approximate surface area is 134 Å². The van der Waals surface area contributed by atoms with Crippen molar-refractivity contribution in [2.45, 2.75) is 39.7 Å². The van der Waals surface area contributed by atoms with Crippen LogP contribution >= 0.6 is 15.9 Å². The van der Waals surface area contributed by atoms with Gasteiger partial charge >= 0.3 is 0 Å². The summed E-state index contributed by atoms with van der Waals surface area (Å²) in [6.45, 7) is 4.89. The number of aliphatic hydroxyl groups excluding tert-OH is 1. The molecule has 1 fully saturated rings. The van der Waals surface area contributed by atoms with Gasteiger partial charge in [-0.15, -0.1) is 0 Å². The van der Waals surface area contributed by atoms with Crippen molar-refractivity contribution in [2.75, 3.05) is 18.1 Å². The molecule has 0 bridgehead atoms. The van der Waals surface area contributed by atoms with Gasteiger partial charge in [0.2, 0.25) is 0 Å². The molecule has 0 saturated carbocycles. The van der Waals surface area contributed by atoms with Crippen molar-refractivity contribution in [2.24, 2.45) is 11.8 Å². The lowest BCUT2D eigenvalue weighted by atomic mass is 9.88. The summed E-state index contributed by atoms with van der Waals surface area (Å²) in [5.41, 5.74) is 2.08. The summed E-state index contributed by atoms with van der Waals surface area (Å²) in [6, 6.07) is 0. The topological polar surface area (TPSA) is 72.2 Å². The second-order valence-electron chi connectivity index (χ2n) is 5.69. The highest BCUT2D eigenvalue weighted by Gasteiger charge is 2.34. The normalized spacial score (nSPS) is 22.6. The Balaban J connectivity index is 2.21. The van der Waals surface area contributed by atoms with Crippen LogP contribution in [-0.4, -0.2) is 41.4 Å². The van der Waals surface area contributed by atoms with E-state index in [1.54, 1.807) is 0 Å². The molecule has 1 aromatic rings. The van der Waals surface area contributed by atoms with Gasteiger partial charge in [0, 0.05) is 13.2 Å². The lowest BCUT2D eigenvalue weighted by molar-refractivity contribution is 0.181. The van der Waals surface area contributed by atoms with Crippen LogP contribution < -0.4 is 0 Å². The number of halogens is 1. The van der Waals surface area contributed by atoms with Crippen molar-refractivity contribution in [1.29, 1.82) is 0 Å². The number of aromatic nitrogens is 2. The summed E-state index contributed by atoms with van der Waals surface area (Å²) < 4.78 is 26.3. The lowest BCUT2D eigenvalue weighted by Crippen LogP contribution is -2.23. The maximum Gasteiger partial charge on any atom is 0.150 e. The zero-order valence-electron chi connectivity index (χ0n) is 12.5. The largest absolute Gasteiger partial charge is 0.396 e. The Morgan fingerprint density at radius 2 is 2.19 bits per heavy atom. The zero-order valence-corrected chi connectivity index (χ0v) is 15.0. The average molecular weight is 379 g/mol. The van der Waals surface area contributed by atoms with E-state index in [2.05, 4.69) is 28.0 Å². The van der Waals surface area contributed by atoms with E-state index in [0.29, 0.717) is 12.8 Å². The van der Waals surface area contributed by atoms with Crippen LogP contribution in [0.2, 0.25) is 0 Å². The molecule has 7 heteroatoms. The summed E-state index contributed by atoms with van der Waals surface area (Å²) in [7, 11) is -2.91. The molecule has 2 rings (SSSR count). The standard InChI is InChI=1S/C14H23BrN2O3S/c1-3-12-14(15)13(17(4-2)16-12)7-11(8-18)10-5-6-21(19,20)9-10/h10-11,18H,3-9H2,1-2H3. The van der Waals surface area contributed by atoms with Gasteiger partial charge in [-0.2, -0.15) is 5.10 Å². The second-order valence-corrected chi connectivity index (χ2v) is 8.71. The molecule has 1 saturated heterocycles. The van der Waals surface area contributed by atoms with Gasteiger partial charge < -0.3 is 5.11 Å². The van der Waals surface area contributed by atoms with Gasteiger partial charge in [0.05, 0.1) is 27.4 Å². The van der Waals surface area contributed by atoms with Crippen LogP contribution in [0.3, 0.4) is 0 Å². The maximum absolute atomic E-state index is 11.6. The van der Waals surface area contributed by atoms with Crippen molar-refractivity contribution < 1.29 is 13.5 Å². The monoisotopic (exact) mass is 378 g/mol. The first kappa shape index (κ1) is 17.0. The predicted molar refractivity (Wildman–Crippen MR) is 86.0 cm³/mol. The first-order chi connectivity index (χ1) is 9.91. The molecule has 5 nitrogen and oxygen atoms in total. The van der Waals surface area contributed by atoms with Crippen molar-refractivity contribution in [3.8, 4) is 0 Å². The quantitative estimate of drug-likeness (QED) is 0.819. The Kier molecular flexibility index (Phi) is 5.48. The third kappa shape index (κ3) is 3.68. The summed E-state index contributed by atoms with van der Waals surface area (Å²) in [6.07, 6.45) is 2.17. The summed E-state index contributed by atoms with van der Waals surface area (Å²) in [5, 5.41) is 14.3. The molecule has 0 amide bonds. The van der Waals surface area contributed by atoms with Gasteiger partial charge in [-0.25, -0.2) is 8.42 Å². The van der Waals surface area contributed by atoms with Crippen molar-refractivity contribution in [3.05, 3.63) is 15.9 Å². The van der Waals surface area contributed by atoms with Gasteiger partial charge in [0.25, 0.3) is 0 Å². The van der Waals surface area contributed by atoms with Crippen LogP contribution in [0.15, 0.2) is 4.47 Å². The third-order valence-corrected chi connectivity index (χ3v) is 7.03. The van der Waals surface area contributed by atoms with E-state index < -0.39 is 9.84 Å². The molecule has 1 N–H and O–H groups in total. The van der Waals surface area contributed by atoms with Gasteiger partial charge in [0.15, 0.2) is 9.84 Å². The molecule has 2 unspecified atom stereocenters. The van der Waals surface area contributed by atoms with Gasteiger partial charge in [-0.05, 0) is 54.0 Å². The fourth-order valence-electron chi connectivity index (χ4n) is 3.04. The fraction of sp³-hybridized carbons (Fsp3) is 0.786. The number of hydrogen-bond acceptors (Lipinski definition) is 4. The lowest BCUT2D eigenvalue weighted by Gasteiger charge is -2.20. The maximum atomic E-state index is 11.6. The van der Waals surface area contributed by atoms with E-state index >= 15 is 0 Å². The molecular formula is C14H23BrN2O3S. The molecule has 21 heavy (non-hydrogen) atoms. The highest BCUT2D eigenvalue weighted by atomic mass is 79.9. The summed E-state index contributed by atoms with van der Waals surface area (Å²) in [4.78, 5) is 0. The van der Waals surface area contributed by atoms with Gasteiger partial charge in [0.1, 0.15) is 0 Å². The second kappa shape index (κ2) is 6.79. The van der Waals surface area contributed by atoms with Gasteiger partial charge in [-0.1, -0.05) is 6.92 Å². The van der Waals surface area contributed by atoms with E-state index in [1.165, 1.54) is 0 Å². The van der Waals surface area contributed by atoms with Crippen LogP contribution in [0.5, 0.6) is 0 Å². The van der Waals surface area contributed by atoms with Gasteiger partial charge in [-0.3, -0.25) is 4.68 Å². The molecule has 0 aromatic carbocycles. The number of aliphatic hydroxyl groups is 1. The molecule has 120 valence electrons. The number of hydrogen-bond donors (Lipinski definition) is 1. The molecule has 0 radical (unpaired) electrons. The molecule has 0 aliphatic carbocycles. The number of rotatable bonds is 6. The smallest absolute Gasteiger partial charge is 0.150 e. The minimum atomic E-state index is -2.91. The van der Waals surface area contributed by atoms with Crippen LogP contribution in [0.1, 0.15) is 31.7 Å². The fourth-order valence-corrected chi connectivity index (χ4v) is 5.68. The van der Waals surface area contributed by atoms with Crippen molar-refractivity contribution in [3.63, 3.8) is 0 Å². The van der Waals surface area contributed by atoms with Crippen LogP contribution in [0, 0.1) is 11.8 Å². The Bertz CT molecular complexity index is 598.